The average molecular weight is 655 g/mol. The molecular weight excluding hydrogens is 612 g/mol. The second kappa shape index (κ2) is 15.2. The molecule has 8 heteroatoms. The molecule has 0 spiro atoms. The van der Waals surface area contributed by atoms with Crippen LogP contribution in [0.1, 0.15) is 54.4 Å². The number of fused-ring (bicyclic) bond motifs is 1. The van der Waals surface area contributed by atoms with Crippen molar-refractivity contribution in [3.8, 4) is 0 Å². The first-order chi connectivity index (χ1) is 23.9. The van der Waals surface area contributed by atoms with Crippen LogP contribution in [0, 0.1) is 17.8 Å². The molecule has 0 bridgehead atoms. The smallest absolute Gasteiger partial charge is 0.256 e. The fraction of sp³-hybridized carbons (Fsp3) is 0.268. The Bertz CT molecular complexity index is 1820. The predicted molar refractivity (Wildman–Crippen MR) is 193 cm³/mol. The summed E-state index contributed by atoms with van der Waals surface area (Å²) in [7, 11) is 0. The van der Waals surface area contributed by atoms with E-state index in [2.05, 4.69) is 11.9 Å². The third kappa shape index (κ3) is 7.33. The molecule has 0 aromatic heterocycles. The molecule has 49 heavy (non-hydrogen) atoms. The summed E-state index contributed by atoms with van der Waals surface area (Å²) in [5.41, 5.74) is 9.58. The summed E-state index contributed by atoms with van der Waals surface area (Å²) in [6, 6.07) is 32.3. The molecule has 4 aromatic carbocycles. The molecular formula is C41H42N4O4. The minimum atomic E-state index is -1.00. The number of carbonyl (C=O) groups is 4. The molecule has 250 valence electrons. The van der Waals surface area contributed by atoms with Gasteiger partial charge in [-0.1, -0.05) is 105 Å². The molecule has 1 aliphatic heterocycles. The number of para-hydroxylation sites is 3. The van der Waals surface area contributed by atoms with Crippen molar-refractivity contribution >= 4 is 46.3 Å². The molecule has 8 nitrogen and oxygen atoms in total. The molecule has 4 aromatic rings. The topological polar surface area (TPSA) is 113 Å². The van der Waals surface area contributed by atoms with E-state index in [9.17, 15) is 19.2 Å². The van der Waals surface area contributed by atoms with Crippen molar-refractivity contribution < 1.29 is 19.2 Å². The molecule has 1 fully saturated rings. The molecule has 1 unspecified atom stereocenters. The Morgan fingerprint density at radius 3 is 2.08 bits per heavy atom. The van der Waals surface area contributed by atoms with E-state index in [-0.39, 0.29) is 30.6 Å². The Balaban J connectivity index is 1.42. The fourth-order valence-electron chi connectivity index (χ4n) is 7.28. The number of hydrogen-bond acceptors (Lipinski definition) is 5. The van der Waals surface area contributed by atoms with Crippen molar-refractivity contribution in [2.45, 2.75) is 44.6 Å². The van der Waals surface area contributed by atoms with Crippen LogP contribution in [0.2, 0.25) is 0 Å². The van der Waals surface area contributed by atoms with Crippen LogP contribution in [0.25, 0.3) is 0 Å². The molecule has 3 N–H and O–H groups in total. The van der Waals surface area contributed by atoms with Gasteiger partial charge in [0.25, 0.3) is 5.91 Å². The number of allylic oxidation sites excluding steroid dienone is 1. The van der Waals surface area contributed by atoms with Gasteiger partial charge in [0.05, 0.1) is 29.8 Å². The number of rotatable bonds is 12. The summed E-state index contributed by atoms with van der Waals surface area (Å²) >= 11 is 0. The van der Waals surface area contributed by atoms with Gasteiger partial charge < -0.3 is 16.0 Å². The van der Waals surface area contributed by atoms with Crippen molar-refractivity contribution in [2.75, 3.05) is 16.3 Å². The summed E-state index contributed by atoms with van der Waals surface area (Å²) in [5.74, 6) is -2.59. The van der Waals surface area contributed by atoms with Crippen LogP contribution in [0.15, 0.2) is 122 Å². The van der Waals surface area contributed by atoms with Crippen molar-refractivity contribution in [3.63, 3.8) is 0 Å². The van der Waals surface area contributed by atoms with Gasteiger partial charge in [0.1, 0.15) is 6.04 Å². The van der Waals surface area contributed by atoms with Crippen molar-refractivity contribution in [1.29, 1.82) is 0 Å². The van der Waals surface area contributed by atoms with Gasteiger partial charge in [-0.05, 0) is 55.2 Å². The Morgan fingerprint density at radius 1 is 0.796 bits per heavy atom. The maximum Gasteiger partial charge on any atom is 0.256 e. The number of hydrogen-bond donors (Lipinski definition) is 2. The lowest BCUT2D eigenvalue weighted by molar-refractivity contribution is -0.135. The number of ketones is 1. The van der Waals surface area contributed by atoms with Crippen LogP contribution in [0.5, 0.6) is 0 Å². The standard InChI is InChI=1S/C41H42N4O4/c1-2-14-33(39(42)47)34(25-28-15-9-10-16-28)40(48)43-35-27-44(31-20-7-4-8-21-31)36-23-11-12-24-37(36)45(41(35)49)32-22-13-19-30(26-32)38(46)29-17-5-3-6-18-29/h2-8,11-13,17-24,26,28,33-35H,1,9-10,14-16,25,27H2,(H2,42,47)(H,43,48)/t33-,34+,35?/m0/s1. The molecule has 1 aliphatic carbocycles. The molecule has 2 aliphatic rings. The third-order valence-electron chi connectivity index (χ3n) is 9.75. The molecule has 3 amide bonds. The maximum absolute atomic E-state index is 14.9. The Morgan fingerprint density at radius 2 is 1.41 bits per heavy atom. The number of nitrogens with zero attached hydrogens (tertiary/aromatic N) is 2. The van der Waals surface area contributed by atoms with Crippen molar-refractivity contribution in [3.05, 3.63) is 133 Å². The fourth-order valence-corrected chi connectivity index (χ4v) is 7.28. The Hall–Kier alpha value is -5.50. The first-order valence-electron chi connectivity index (χ1n) is 17.0. The van der Waals surface area contributed by atoms with E-state index in [0.29, 0.717) is 34.8 Å². The summed E-state index contributed by atoms with van der Waals surface area (Å²) < 4.78 is 0. The second-order valence-corrected chi connectivity index (χ2v) is 12.9. The zero-order chi connectivity index (χ0) is 34.3. The van der Waals surface area contributed by atoms with Gasteiger partial charge in [-0.3, -0.25) is 24.1 Å². The quantitative estimate of drug-likeness (QED) is 0.125. The zero-order valence-corrected chi connectivity index (χ0v) is 27.5. The third-order valence-corrected chi connectivity index (χ3v) is 9.75. The highest BCUT2D eigenvalue weighted by Crippen LogP contribution is 2.41. The monoisotopic (exact) mass is 654 g/mol. The highest BCUT2D eigenvalue weighted by Gasteiger charge is 2.40. The van der Waals surface area contributed by atoms with E-state index >= 15 is 0 Å². The van der Waals surface area contributed by atoms with Crippen LogP contribution in [0.4, 0.5) is 22.7 Å². The van der Waals surface area contributed by atoms with E-state index < -0.39 is 23.8 Å². The van der Waals surface area contributed by atoms with Crippen LogP contribution in [-0.2, 0) is 14.4 Å². The van der Waals surface area contributed by atoms with Gasteiger partial charge in [0.2, 0.25) is 11.8 Å². The lowest BCUT2D eigenvalue weighted by atomic mass is 9.80. The Labute approximate surface area is 287 Å². The molecule has 0 radical (unpaired) electrons. The van der Waals surface area contributed by atoms with Gasteiger partial charge in [-0.2, -0.15) is 0 Å². The van der Waals surface area contributed by atoms with Crippen LogP contribution in [0.3, 0.4) is 0 Å². The highest BCUT2D eigenvalue weighted by molar-refractivity contribution is 6.12. The zero-order valence-electron chi connectivity index (χ0n) is 27.5. The lowest BCUT2D eigenvalue weighted by Crippen LogP contribution is -2.53. The number of benzene rings is 4. The minimum Gasteiger partial charge on any atom is -0.369 e. The molecule has 6 rings (SSSR count). The van der Waals surface area contributed by atoms with E-state index in [4.69, 9.17) is 5.73 Å². The van der Waals surface area contributed by atoms with E-state index in [0.717, 1.165) is 37.1 Å². The van der Waals surface area contributed by atoms with E-state index in [1.165, 1.54) is 0 Å². The first kappa shape index (κ1) is 33.4. The lowest BCUT2D eigenvalue weighted by Gasteiger charge is -2.30. The number of primary amides is 1. The van der Waals surface area contributed by atoms with Crippen LogP contribution in [-0.4, -0.2) is 36.1 Å². The first-order valence-corrected chi connectivity index (χ1v) is 17.0. The number of amides is 3. The number of anilines is 4. The van der Waals surface area contributed by atoms with Gasteiger partial charge >= 0.3 is 0 Å². The number of nitrogens with two attached hydrogens (primary N) is 1. The molecule has 1 heterocycles. The largest absolute Gasteiger partial charge is 0.369 e. The van der Waals surface area contributed by atoms with Crippen molar-refractivity contribution in [1.82, 2.24) is 5.32 Å². The second-order valence-electron chi connectivity index (χ2n) is 12.9. The van der Waals surface area contributed by atoms with Crippen molar-refractivity contribution in [2.24, 2.45) is 23.5 Å². The summed E-state index contributed by atoms with van der Waals surface area (Å²) in [4.78, 5) is 59.0. The minimum absolute atomic E-state index is 0.142. The van der Waals surface area contributed by atoms with Gasteiger partial charge in [0.15, 0.2) is 5.78 Å². The van der Waals surface area contributed by atoms with E-state index in [1.54, 1.807) is 47.4 Å². The van der Waals surface area contributed by atoms with Crippen LogP contribution < -0.4 is 20.9 Å². The molecule has 0 saturated heterocycles. The summed E-state index contributed by atoms with van der Waals surface area (Å²) in [5, 5.41) is 3.09. The average Bonchev–Trinajstić information content (AvgIpc) is 3.62. The number of nitrogens with one attached hydrogen (secondary N) is 1. The predicted octanol–water partition coefficient (Wildman–Crippen LogP) is 7.09. The van der Waals surface area contributed by atoms with Gasteiger partial charge in [-0.15, -0.1) is 6.58 Å². The summed E-state index contributed by atoms with van der Waals surface area (Å²) in [6.45, 7) is 3.96. The normalized spacial score (nSPS) is 17.5. The summed E-state index contributed by atoms with van der Waals surface area (Å²) in [6.07, 6.45) is 6.59. The number of carbonyl (C=O) groups excluding carboxylic acids is 4. The highest BCUT2D eigenvalue weighted by atomic mass is 16.2. The maximum atomic E-state index is 14.9. The SMILES string of the molecule is C=CC[C@H](C(N)=O)[C@@H](CC1CCCC1)C(=O)NC1CN(c2ccccc2)c2ccccc2N(c2cccc(C(=O)c3ccccc3)c2)C1=O. The molecule has 1 saturated carbocycles. The Kier molecular flexibility index (Phi) is 10.3. The van der Waals surface area contributed by atoms with Crippen LogP contribution >= 0.6 is 0 Å². The van der Waals surface area contributed by atoms with Gasteiger partial charge in [0, 0.05) is 22.5 Å². The van der Waals surface area contributed by atoms with E-state index in [1.807, 2.05) is 77.7 Å². The van der Waals surface area contributed by atoms with Gasteiger partial charge in [-0.25, -0.2) is 0 Å². The molecule has 3 atom stereocenters.